The second-order valence-corrected chi connectivity index (χ2v) is 35.8. The predicted octanol–water partition coefficient (Wildman–Crippen LogP) is 17.6. The summed E-state index contributed by atoms with van der Waals surface area (Å²) in [5.74, 6) is -4.47. The summed E-state index contributed by atoms with van der Waals surface area (Å²) in [6.07, 6.45) is -31.1. The minimum atomic E-state index is -5.35. The van der Waals surface area contributed by atoms with Crippen LogP contribution in [0.5, 0.6) is 0 Å². The molecule has 0 aliphatic carbocycles. The van der Waals surface area contributed by atoms with Crippen LogP contribution in [0.3, 0.4) is 0 Å². The molecule has 0 fully saturated rings. The van der Waals surface area contributed by atoms with Gasteiger partial charge >= 0.3 is 49.1 Å². The van der Waals surface area contributed by atoms with Crippen molar-refractivity contribution in [1.29, 1.82) is 0 Å². The Morgan fingerprint density at radius 2 is 0.811 bits per heavy atom. The molecule has 111 heavy (non-hydrogen) atoms. The highest BCUT2D eigenvalue weighted by Crippen LogP contribution is 2.50. The third-order valence-electron chi connectivity index (χ3n) is 15.6. The van der Waals surface area contributed by atoms with Gasteiger partial charge in [-0.05, 0) is 164 Å². The minimum absolute atomic E-state index is 0.0172. The fraction of sp³-hybridized carbons (Fsp3) is 0.583. The van der Waals surface area contributed by atoms with E-state index >= 15 is 26.3 Å². The fourth-order valence-electron chi connectivity index (χ4n) is 9.68. The van der Waals surface area contributed by atoms with E-state index in [9.17, 15) is 60.2 Å². The Morgan fingerprint density at radius 3 is 1.09 bits per heavy atom. The number of alkyl halides is 12. The summed E-state index contributed by atoms with van der Waals surface area (Å²) in [5, 5.41) is 23.8. The molecule has 0 unspecified atom stereocenters. The van der Waals surface area contributed by atoms with Gasteiger partial charge in [0.15, 0.2) is 8.32 Å². The topological polar surface area (TPSA) is 322 Å². The molecule has 4 amide bonds. The first-order valence-electron chi connectivity index (χ1n) is 34.5. The number of aliphatic hydroxyl groups is 1. The molecule has 3 N–H and O–H groups in total. The van der Waals surface area contributed by atoms with Crippen molar-refractivity contribution in [2.45, 2.75) is 245 Å². The molecule has 26 nitrogen and oxygen atoms in total. The molecule has 4 atom stereocenters. The van der Waals surface area contributed by atoms with Crippen molar-refractivity contribution in [3.8, 4) is 23.2 Å². The average Bonchev–Trinajstić information content (AvgIpc) is 1.67. The van der Waals surface area contributed by atoms with E-state index in [1.54, 1.807) is 43.3 Å². The fourth-order valence-corrected chi connectivity index (χ4v) is 11.1. The summed E-state index contributed by atoms with van der Waals surface area (Å²) in [5.41, 5.74) is -22.8. The molecular formula is C72H94F12N8O18Si. The average molecular weight is 1620 g/mol. The third kappa shape index (κ3) is 26.2. The molecule has 0 spiro atoms. The van der Waals surface area contributed by atoms with Gasteiger partial charge in [0.1, 0.15) is 44.9 Å². The van der Waals surface area contributed by atoms with E-state index in [0.29, 0.717) is 11.1 Å². The lowest BCUT2D eigenvalue weighted by Gasteiger charge is -2.38. The Hall–Kier alpha value is -8.76. The van der Waals surface area contributed by atoms with Crippen LogP contribution < -0.4 is 20.9 Å². The zero-order valence-corrected chi connectivity index (χ0v) is 65.8. The van der Waals surface area contributed by atoms with Gasteiger partial charge in [0.2, 0.25) is 11.2 Å². The van der Waals surface area contributed by atoms with E-state index in [2.05, 4.69) is 54.3 Å². The van der Waals surface area contributed by atoms with Gasteiger partial charge in [0.05, 0.1) is 50.0 Å². The second-order valence-electron chi connectivity index (χ2n) is 31.1. The summed E-state index contributed by atoms with van der Waals surface area (Å²) >= 11 is 0. The number of nitrogens with zero attached hydrogens (tertiary/aromatic N) is 6. The number of nitrogens with one attached hydrogen (secondary N) is 2. The van der Waals surface area contributed by atoms with Crippen LogP contribution in [0.1, 0.15) is 177 Å². The highest BCUT2D eigenvalue weighted by Gasteiger charge is 2.63. The van der Waals surface area contributed by atoms with Gasteiger partial charge < -0.3 is 66.2 Å². The molecule has 0 saturated carbocycles. The van der Waals surface area contributed by atoms with Crippen LogP contribution in [0, 0.1) is 0 Å². The number of ether oxygens (including phenoxy) is 8. The normalized spacial score (nSPS) is 14.6. The minimum Gasteiger partial charge on any atom is -0.443 e. The Kier molecular flexibility index (Phi) is 30.1. The molecular weight excluding hydrogens is 1520 g/mol. The van der Waals surface area contributed by atoms with Crippen LogP contribution in [0.15, 0.2) is 91.2 Å². The molecule has 0 bridgehead atoms. The molecule has 4 heterocycles. The Bertz CT molecular complexity index is 4150. The van der Waals surface area contributed by atoms with Crippen LogP contribution >= 0.6 is 0 Å². The Balaban J connectivity index is 0.000000400. The van der Waals surface area contributed by atoms with Gasteiger partial charge in [-0.1, -0.05) is 81.4 Å². The Morgan fingerprint density at radius 1 is 0.495 bits per heavy atom. The molecule has 2 aromatic carbocycles. The zero-order valence-electron chi connectivity index (χ0n) is 64.8. The highest BCUT2D eigenvalue weighted by atomic mass is 28.4. The van der Waals surface area contributed by atoms with Gasteiger partial charge in [0.25, 0.3) is 34.7 Å². The van der Waals surface area contributed by atoms with E-state index in [0.717, 1.165) is 0 Å². The molecule has 6 aromatic rings. The maximum absolute atomic E-state index is 15.5. The number of pyridine rings is 2. The number of hydrogen-bond acceptors (Lipinski definition) is 22. The van der Waals surface area contributed by atoms with Crippen LogP contribution in [-0.4, -0.2) is 142 Å². The van der Waals surface area contributed by atoms with Crippen molar-refractivity contribution < 1.29 is 128 Å². The number of aromatic amines is 2. The number of rotatable bonds is 26. The monoisotopic (exact) mass is 1610 g/mol. The molecule has 4 aromatic heterocycles. The summed E-state index contributed by atoms with van der Waals surface area (Å²) in [7, 11) is -2.17. The molecule has 0 saturated heterocycles. The first-order chi connectivity index (χ1) is 50.6. The summed E-state index contributed by atoms with van der Waals surface area (Å²) in [6.45, 7) is 28.5. The lowest BCUT2D eigenvalue weighted by molar-refractivity contribution is -0.300. The van der Waals surface area contributed by atoms with Gasteiger partial charge in [-0.3, -0.25) is 9.59 Å². The predicted molar refractivity (Wildman–Crippen MR) is 378 cm³/mol. The summed E-state index contributed by atoms with van der Waals surface area (Å²) in [4.78, 5) is 83.3. The number of aliphatic hydroxyl groups excluding tert-OH is 1. The van der Waals surface area contributed by atoms with Crippen molar-refractivity contribution in [2.75, 3.05) is 36.2 Å². The highest BCUT2D eigenvalue weighted by molar-refractivity contribution is 6.74. The number of imide groups is 2. The largest absolute Gasteiger partial charge is 0.443 e. The van der Waals surface area contributed by atoms with Crippen LogP contribution in [-0.2, 0) is 79.1 Å². The van der Waals surface area contributed by atoms with Gasteiger partial charge in [-0.2, -0.15) is 62.5 Å². The quantitative estimate of drug-likeness (QED) is 0.0197. The van der Waals surface area contributed by atoms with Crippen molar-refractivity contribution in [3.05, 3.63) is 128 Å². The van der Waals surface area contributed by atoms with E-state index < -0.39 is 192 Å². The smallest absolute Gasteiger partial charge is 0.426 e. The van der Waals surface area contributed by atoms with E-state index in [-0.39, 0.29) is 72.3 Å². The maximum Gasteiger partial charge on any atom is 0.426 e. The number of anilines is 2. The number of benzene rings is 2. The number of carbonyl (C=O) groups is 4. The van der Waals surface area contributed by atoms with E-state index in [1.165, 1.54) is 114 Å². The molecule has 0 radical (unpaired) electrons. The maximum atomic E-state index is 15.5. The lowest BCUT2D eigenvalue weighted by atomic mass is 9.96. The lowest BCUT2D eigenvalue weighted by Crippen LogP contribution is -2.45. The Labute approximate surface area is 632 Å². The van der Waals surface area contributed by atoms with Crippen molar-refractivity contribution in [2.24, 2.45) is 0 Å². The summed E-state index contributed by atoms with van der Waals surface area (Å²) < 4.78 is 237. The van der Waals surface area contributed by atoms with E-state index in [4.69, 9.17) is 51.2 Å². The van der Waals surface area contributed by atoms with Gasteiger partial charge in [0, 0.05) is 13.2 Å². The molecule has 0 aliphatic heterocycles. The molecule has 618 valence electrons. The summed E-state index contributed by atoms with van der Waals surface area (Å²) in [6, 6.07) is 15.8. The molecule has 39 heteroatoms. The molecule has 6 rings (SSSR count). The standard InChI is InChI=1S/C39H54F6N4O9Si.C33H40F6N4O9/c1-24(58-59(11,12)36(8,9)10)22-53-20-16-19-37(39(43,44)45,54-23-25-17-14-13-15-18-25)31-48-47-30(55-31)28-27(21-26(29(50)46-28)38(40,41)42)49(32(51)56-34(2,3)4)33(52)57-35(5,6)7;1-19(44)17-48-15-11-14-31(33(37,38)39,49-18-20-12-9-8-10-13-20)26-42-41-25(50-26)23-22(16-21(24(45)40-23)32(34,35)36)43(27(46)51-29(2,3)4)28(47)52-30(5,6)7/h13-15,17-18,21,24H,16,19-20,22-23H2,1-12H3,(H,46,50);8-10,12-13,16,19,44H,11,14-15,17-18H2,1-7H3,(H,40,45)/t24-,37+;19-,31+/m00/s1. The van der Waals surface area contributed by atoms with Gasteiger partial charge in [-0.15, -0.1) is 20.4 Å². The van der Waals surface area contributed by atoms with Crippen molar-refractivity contribution in [3.63, 3.8) is 0 Å². The number of aromatic nitrogens is 6. The van der Waals surface area contributed by atoms with E-state index in [1.807, 2.05) is 9.97 Å². The zero-order chi connectivity index (χ0) is 84.3. The number of hydrogen-bond donors (Lipinski definition) is 3. The van der Waals surface area contributed by atoms with Crippen LogP contribution in [0.2, 0.25) is 18.1 Å². The first-order valence-corrected chi connectivity index (χ1v) is 37.4. The molecule has 0 aliphatic rings. The SMILES string of the molecule is C[C@@H](COCCC[C@@](OCc1ccccc1)(c1nnc(-c2[nH]c(=O)c(C(F)(F)F)cc2N(C(=O)OC(C)(C)C)C(=O)OC(C)(C)C)o1)C(F)(F)F)O[Si](C)(C)C(C)(C)C.C[C@H](O)COCCC[C@@](OCc1ccccc1)(c1nnc(-c2[nH]c(=O)c(C(F)(F)F)cc2N(C(=O)OC(C)(C)C)C(=O)OC(C)(C)C)o1)C(F)(F)F. The first kappa shape index (κ1) is 92.8. The van der Waals surface area contributed by atoms with Crippen LogP contribution in [0.25, 0.3) is 23.2 Å². The number of amides is 4. The number of halogens is 12. The second kappa shape index (κ2) is 35.9. The van der Waals surface area contributed by atoms with Gasteiger partial charge in [-0.25, -0.2) is 19.2 Å². The van der Waals surface area contributed by atoms with Crippen molar-refractivity contribution >= 4 is 44.1 Å². The third-order valence-corrected chi connectivity index (χ3v) is 20.2. The number of H-pyrrole nitrogens is 2. The van der Waals surface area contributed by atoms with Crippen LogP contribution in [0.4, 0.5) is 83.2 Å². The van der Waals surface area contributed by atoms with Crippen molar-refractivity contribution in [1.82, 2.24) is 30.4 Å². The number of carbonyl (C=O) groups excluding carboxylic acids is 4.